The molecule has 4 nitrogen and oxygen atoms in total. The van der Waals surface area contributed by atoms with E-state index < -0.39 is 0 Å². The van der Waals surface area contributed by atoms with Gasteiger partial charge in [0.25, 0.3) is 0 Å². The van der Waals surface area contributed by atoms with Crippen molar-refractivity contribution < 1.29 is 5.11 Å². The van der Waals surface area contributed by atoms with E-state index in [4.69, 9.17) is 10.5 Å². The summed E-state index contributed by atoms with van der Waals surface area (Å²) in [6, 6.07) is 25.5. The van der Waals surface area contributed by atoms with E-state index in [0.29, 0.717) is 11.1 Å². The summed E-state index contributed by atoms with van der Waals surface area (Å²) >= 11 is 0. The quantitative estimate of drug-likeness (QED) is 0.767. The number of benzene rings is 3. The van der Waals surface area contributed by atoms with Crippen LogP contribution in [0, 0.1) is 22.7 Å². The molecule has 0 amide bonds. The molecule has 3 aromatic rings. The predicted octanol–water partition coefficient (Wildman–Crippen LogP) is 4.61. The molecule has 0 radical (unpaired) electrons. The third-order valence-electron chi connectivity index (χ3n) is 3.60. The molecule has 0 fully saturated rings. The molecule has 3 rings (SSSR count). The summed E-state index contributed by atoms with van der Waals surface area (Å²) in [6.45, 7) is 0. The van der Waals surface area contributed by atoms with Crippen molar-refractivity contribution in [3.05, 3.63) is 83.9 Å². The number of nitriles is 2. The van der Waals surface area contributed by atoms with Crippen molar-refractivity contribution in [3.63, 3.8) is 0 Å². The van der Waals surface area contributed by atoms with E-state index in [0.717, 1.165) is 17.1 Å². The Morgan fingerprint density at radius 3 is 1.58 bits per heavy atom. The first-order valence-electron chi connectivity index (χ1n) is 7.31. The van der Waals surface area contributed by atoms with Crippen molar-refractivity contribution in [2.24, 2.45) is 0 Å². The molecular formula is C20H13N3O. The van der Waals surface area contributed by atoms with Crippen molar-refractivity contribution in [1.82, 2.24) is 0 Å². The van der Waals surface area contributed by atoms with E-state index in [9.17, 15) is 5.11 Å². The zero-order valence-corrected chi connectivity index (χ0v) is 12.7. The lowest BCUT2D eigenvalue weighted by Gasteiger charge is -2.25. The molecule has 0 spiro atoms. The Kier molecular flexibility index (Phi) is 4.14. The normalized spacial score (nSPS) is 9.75. The topological polar surface area (TPSA) is 71.0 Å². The summed E-state index contributed by atoms with van der Waals surface area (Å²) < 4.78 is 0. The van der Waals surface area contributed by atoms with Crippen LogP contribution in [0.15, 0.2) is 72.8 Å². The highest BCUT2D eigenvalue weighted by Crippen LogP contribution is 2.35. The Balaban J connectivity index is 2.12. The Morgan fingerprint density at radius 2 is 1.17 bits per heavy atom. The monoisotopic (exact) mass is 311 g/mol. The van der Waals surface area contributed by atoms with Gasteiger partial charge in [0, 0.05) is 23.1 Å². The average molecular weight is 311 g/mol. The van der Waals surface area contributed by atoms with Gasteiger partial charge in [-0.3, -0.25) is 0 Å². The van der Waals surface area contributed by atoms with Gasteiger partial charge in [0.1, 0.15) is 5.75 Å². The Bertz CT molecular complexity index is 875. The third kappa shape index (κ3) is 3.04. The van der Waals surface area contributed by atoms with Crippen LogP contribution in [0.5, 0.6) is 5.75 Å². The number of phenolic OH excluding ortho intramolecular Hbond substituents is 1. The molecule has 0 heterocycles. The fraction of sp³-hybridized carbons (Fsp3) is 0. The van der Waals surface area contributed by atoms with Crippen LogP contribution in [0.1, 0.15) is 11.1 Å². The minimum atomic E-state index is 0.166. The zero-order valence-electron chi connectivity index (χ0n) is 12.7. The fourth-order valence-electron chi connectivity index (χ4n) is 2.45. The van der Waals surface area contributed by atoms with Crippen molar-refractivity contribution in [3.8, 4) is 17.9 Å². The molecule has 1 N–H and O–H groups in total. The van der Waals surface area contributed by atoms with Crippen LogP contribution in [0.4, 0.5) is 17.1 Å². The van der Waals surface area contributed by atoms with Gasteiger partial charge in [-0.2, -0.15) is 10.5 Å². The molecule has 114 valence electrons. The highest BCUT2D eigenvalue weighted by atomic mass is 16.3. The Labute approximate surface area is 140 Å². The van der Waals surface area contributed by atoms with E-state index in [1.807, 2.05) is 35.2 Å². The molecule has 0 saturated heterocycles. The first kappa shape index (κ1) is 15.1. The molecule has 0 aliphatic heterocycles. The number of rotatable bonds is 3. The third-order valence-corrected chi connectivity index (χ3v) is 3.60. The van der Waals surface area contributed by atoms with Crippen LogP contribution >= 0.6 is 0 Å². The summed E-state index contributed by atoms with van der Waals surface area (Å²) in [5.74, 6) is 0.166. The van der Waals surface area contributed by atoms with Gasteiger partial charge in [-0.05, 0) is 60.7 Å². The number of anilines is 3. The lowest BCUT2D eigenvalue weighted by atomic mass is 10.1. The van der Waals surface area contributed by atoms with Gasteiger partial charge < -0.3 is 10.0 Å². The second-order valence-corrected chi connectivity index (χ2v) is 5.17. The number of nitrogens with zero attached hydrogens (tertiary/aromatic N) is 3. The Hall–Kier alpha value is -3.76. The van der Waals surface area contributed by atoms with Crippen LogP contribution in [-0.4, -0.2) is 5.11 Å². The van der Waals surface area contributed by atoms with E-state index in [1.165, 1.54) is 0 Å². The maximum atomic E-state index is 9.81. The van der Waals surface area contributed by atoms with Crippen LogP contribution in [-0.2, 0) is 0 Å². The summed E-state index contributed by atoms with van der Waals surface area (Å²) in [7, 11) is 0. The zero-order chi connectivity index (χ0) is 16.9. The summed E-state index contributed by atoms with van der Waals surface area (Å²) in [4.78, 5) is 1.95. The van der Waals surface area contributed by atoms with Crippen LogP contribution in [0.25, 0.3) is 0 Å². The largest absolute Gasteiger partial charge is 0.508 e. The predicted molar refractivity (Wildman–Crippen MR) is 92.2 cm³/mol. The van der Waals surface area contributed by atoms with Crippen LogP contribution < -0.4 is 4.90 Å². The molecule has 24 heavy (non-hydrogen) atoms. The van der Waals surface area contributed by atoms with E-state index >= 15 is 0 Å². The highest BCUT2D eigenvalue weighted by Gasteiger charge is 2.13. The number of hydrogen-bond acceptors (Lipinski definition) is 4. The summed E-state index contributed by atoms with van der Waals surface area (Å²) in [5, 5.41) is 27.7. The molecule has 4 heteroatoms. The first-order chi connectivity index (χ1) is 11.7. The summed E-state index contributed by atoms with van der Waals surface area (Å²) in [6.07, 6.45) is 0. The minimum absolute atomic E-state index is 0.166. The smallest absolute Gasteiger partial charge is 0.117 e. The molecule has 0 atom stereocenters. The minimum Gasteiger partial charge on any atom is -0.508 e. The van der Waals surface area contributed by atoms with E-state index in [-0.39, 0.29) is 5.75 Å². The van der Waals surface area contributed by atoms with Gasteiger partial charge in [0.15, 0.2) is 0 Å². The maximum Gasteiger partial charge on any atom is 0.117 e. The molecule has 0 aliphatic carbocycles. The lowest BCUT2D eigenvalue weighted by molar-refractivity contribution is 0.475. The van der Waals surface area contributed by atoms with Gasteiger partial charge in [0.2, 0.25) is 0 Å². The van der Waals surface area contributed by atoms with Gasteiger partial charge in [-0.15, -0.1) is 0 Å². The van der Waals surface area contributed by atoms with E-state index in [1.54, 1.807) is 42.5 Å². The number of aromatic hydroxyl groups is 1. The lowest BCUT2D eigenvalue weighted by Crippen LogP contribution is -2.09. The van der Waals surface area contributed by atoms with Crippen molar-refractivity contribution in [1.29, 1.82) is 10.5 Å². The van der Waals surface area contributed by atoms with Crippen LogP contribution in [0.2, 0.25) is 0 Å². The van der Waals surface area contributed by atoms with Gasteiger partial charge in [-0.25, -0.2) is 0 Å². The number of hydrogen-bond donors (Lipinski definition) is 1. The molecular weight excluding hydrogens is 298 g/mol. The number of phenols is 1. The average Bonchev–Trinajstić information content (AvgIpc) is 2.63. The fourth-order valence-corrected chi connectivity index (χ4v) is 2.45. The van der Waals surface area contributed by atoms with Gasteiger partial charge >= 0.3 is 0 Å². The standard InChI is InChI=1S/C20H13N3O/c21-13-15-4-8-17(9-5-15)23(19-2-1-3-20(24)12-19)18-10-6-16(14-22)7-11-18/h1-12,24H. The molecule has 0 aromatic heterocycles. The highest BCUT2D eigenvalue weighted by molar-refractivity contribution is 5.77. The molecule has 0 aliphatic rings. The van der Waals surface area contributed by atoms with E-state index in [2.05, 4.69) is 12.1 Å². The molecule has 0 saturated carbocycles. The van der Waals surface area contributed by atoms with Crippen molar-refractivity contribution >= 4 is 17.1 Å². The SMILES string of the molecule is N#Cc1ccc(N(c2ccc(C#N)cc2)c2cccc(O)c2)cc1. The summed E-state index contributed by atoms with van der Waals surface area (Å²) in [5.41, 5.74) is 3.64. The van der Waals surface area contributed by atoms with Gasteiger partial charge in [-0.1, -0.05) is 6.07 Å². The molecule has 0 unspecified atom stereocenters. The first-order valence-corrected chi connectivity index (χ1v) is 7.31. The second-order valence-electron chi connectivity index (χ2n) is 5.17. The van der Waals surface area contributed by atoms with Gasteiger partial charge in [0.05, 0.1) is 23.3 Å². The maximum absolute atomic E-state index is 9.81. The Morgan fingerprint density at radius 1 is 0.667 bits per heavy atom. The van der Waals surface area contributed by atoms with Crippen molar-refractivity contribution in [2.45, 2.75) is 0 Å². The molecule has 3 aromatic carbocycles. The van der Waals surface area contributed by atoms with Crippen molar-refractivity contribution in [2.75, 3.05) is 4.90 Å². The van der Waals surface area contributed by atoms with Crippen LogP contribution in [0.3, 0.4) is 0 Å². The second kappa shape index (κ2) is 6.56. The molecule has 0 bridgehead atoms.